The van der Waals surface area contributed by atoms with Crippen molar-refractivity contribution in [3.05, 3.63) is 43.0 Å². The second-order valence-corrected chi connectivity index (χ2v) is 11.4. The van der Waals surface area contributed by atoms with Crippen LogP contribution in [0.1, 0.15) is 19.3 Å². The molecule has 3 N–H and O–H groups in total. The Hall–Kier alpha value is -3.09. The minimum absolute atomic E-state index is 0.0493. The zero-order chi connectivity index (χ0) is 24.6. The summed E-state index contributed by atoms with van der Waals surface area (Å²) in [7, 11) is -1.61. The third-order valence-corrected chi connectivity index (χ3v) is 8.64. The number of imidazole rings is 1. The summed E-state index contributed by atoms with van der Waals surface area (Å²) < 4.78 is 33.6. The van der Waals surface area contributed by atoms with Gasteiger partial charge < -0.3 is 20.0 Å². The van der Waals surface area contributed by atoms with E-state index in [0.717, 1.165) is 34.6 Å². The monoisotopic (exact) mass is 513 g/mol. The smallest absolute Gasteiger partial charge is 0.211 e. The van der Waals surface area contributed by atoms with Gasteiger partial charge in [0.2, 0.25) is 10.0 Å². The third kappa shape index (κ3) is 4.73. The molecule has 35 heavy (non-hydrogen) atoms. The Morgan fingerprint density at radius 2 is 2.14 bits per heavy atom. The van der Waals surface area contributed by atoms with E-state index in [9.17, 15) is 8.42 Å². The second kappa shape index (κ2) is 9.51. The molecule has 1 saturated heterocycles. The van der Waals surface area contributed by atoms with E-state index < -0.39 is 10.0 Å². The molecular weight excluding hydrogens is 486 g/mol. The van der Waals surface area contributed by atoms with Crippen LogP contribution in [-0.2, 0) is 16.6 Å². The van der Waals surface area contributed by atoms with Crippen LogP contribution in [0, 0.1) is 0 Å². The minimum atomic E-state index is -3.25. The molecule has 4 aromatic rings. The van der Waals surface area contributed by atoms with Crippen molar-refractivity contribution < 1.29 is 13.2 Å². The summed E-state index contributed by atoms with van der Waals surface area (Å²) in [5.41, 5.74) is 9.39. The summed E-state index contributed by atoms with van der Waals surface area (Å²) in [6.07, 6.45) is 8.89. The fourth-order valence-corrected chi connectivity index (χ4v) is 6.87. The number of aryl methyl sites for hydroxylation is 1. The first-order chi connectivity index (χ1) is 16.8. The molecular formula is C23H27N7O3S2. The second-order valence-electron chi connectivity index (χ2n) is 8.50. The van der Waals surface area contributed by atoms with Gasteiger partial charge in [0.1, 0.15) is 12.1 Å². The van der Waals surface area contributed by atoms with Gasteiger partial charge in [-0.2, -0.15) is 4.31 Å². The highest BCUT2D eigenvalue weighted by Crippen LogP contribution is 2.39. The third-order valence-electron chi connectivity index (χ3n) is 6.26. The van der Waals surface area contributed by atoms with E-state index >= 15 is 0 Å². The Balaban J connectivity index is 1.53. The van der Waals surface area contributed by atoms with E-state index in [0.29, 0.717) is 41.6 Å². The van der Waals surface area contributed by atoms with Crippen molar-refractivity contribution in [2.24, 2.45) is 0 Å². The number of hydrogen-bond donors (Lipinski definition) is 2. The molecule has 1 unspecified atom stereocenters. The van der Waals surface area contributed by atoms with Gasteiger partial charge in [-0.05, 0) is 49.1 Å². The van der Waals surface area contributed by atoms with Gasteiger partial charge in [-0.1, -0.05) is 11.8 Å². The number of H-pyrrole nitrogens is 1. The lowest BCUT2D eigenvalue weighted by Gasteiger charge is -2.22. The van der Waals surface area contributed by atoms with Crippen LogP contribution >= 0.6 is 11.8 Å². The molecule has 1 aliphatic rings. The number of benzene rings is 1. The van der Waals surface area contributed by atoms with Gasteiger partial charge in [-0.25, -0.2) is 23.4 Å². The summed E-state index contributed by atoms with van der Waals surface area (Å²) in [5.74, 6) is 1.05. The molecule has 0 radical (unpaired) electrons. The number of aromatic nitrogens is 5. The van der Waals surface area contributed by atoms with E-state index in [1.54, 1.807) is 11.4 Å². The molecule has 0 bridgehead atoms. The summed E-state index contributed by atoms with van der Waals surface area (Å²) in [6.45, 7) is 1.12. The van der Waals surface area contributed by atoms with E-state index in [1.165, 1.54) is 24.3 Å². The van der Waals surface area contributed by atoms with Gasteiger partial charge in [-0.3, -0.25) is 0 Å². The maximum absolute atomic E-state index is 12.2. The van der Waals surface area contributed by atoms with Gasteiger partial charge in [0.15, 0.2) is 22.1 Å². The Morgan fingerprint density at radius 3 is 2.89 bits per heavy atom. The predicted octanol–water partition coefficient (Wildman–Crippen LogP) is 3.38. The van der Waals surface area contributed by atoms with Crippen LogP contribution in [0.15, 0.2) is 53.0 Å². The maximum Gasteiger partial charge on any atom is 0.211 e. The van der Waals surface area contributed by atoms with Gasteiger partial charge >= 0.3 is 0 Å². The average Bonchev–Trinajstić information content (AvgIpc) is 3.58. The molecule has 0 aliphatic carbocycles. The normalized spacial score (nSPS) is 16.8. The Bertz CT molecular complexity index is 1450. The lowest BCUT2D eigenvalue weighted by atomic mass is 10.1. The van der Waals surface area contributed by atoms with Gasteiger partial charge in [0.05, 0.1) is 13.4 Å². The molecule has 1 fully saturated rings. The summed E-state index contributed by atoms with van der Waals surface area (Å²) in [5, 5.41) is 0.709. The Kier molecular flexibility index (Phi) is 6.43. The fourth-order valence-electron chi connectivity index (χ4n) is 4.57. The quantitative estimate of drug-likeness (QED) is 0.366. The molecule has 3 aromatic heterocycles. The average molecular weight is 514 g/mol. The number of methoxy groups -OCH3 is 1. The first-order valence-electron chi connectivity index (χ1n) is 11.3. The minimum Gasteiger partial charge on any atom is -0.497 e. The van der Waals surface area contributed by atoms with Crippen molar-refractivity contribution >= 4 is 38.8 Å². The Morgan fingerprint density at radius 1 is 1.29 bits per heavy atom. The van der Waals surface area contributed by atoms with Crippen molar-refractivity contribution in [2.45, 2.75) is 41.9 Å². The number of nitrogen functional groups attached to an aromatic ring is 1. The topological polar surface area (TPSA) is 132 Å². The maximum atomic E-state index is 12.2. The number of aromatic amines is 1. The first-order valence-corrected chi connectivity index (χ1v) is 13.9. The highest BCUT2D eigenvalue weighted by Gasteiger charge is 2.31. The number of sulfonamides is 1. The van der Waals surface area contributed by atoms with Crippen LogP contribution in [0.25, 0.3) is 22.3 Å². The van der Waals surface area contributed by atoms with Crippen LogP contribution in [0.4, 0.5) is 5.82 Å². The standard InChI is InChI=1S/C23H27N7O3S2/c1-33-17-5-6-18(15-7-9-25-13-15)19(12-17)34-23-28-20-21(24)26-14-27-22(20)29(23)11-8-16-4-3-10-30(16)35(2,31)32/h5-7,9,12-14,16,25H,3-4,8,10-11H2,1-2H3,(H2,24,26,27). The Labute approximate surface area is 208 Å². The van der Waals surface area contributed by atoms with Crippen LogP contribution < -0.4 is 10.5 Å². The van der Waals surface area contributed by atoms with Crippen LogP contribution in [-0.4, -0.2) is 63.2 Å². The zero-order valence-electron chi connectivity index (χ0n) is 19.5. The van der Waals surface area contributed by atoms with Crippen molar-refractivity contribution in [1.29, 1.82) is 0 Å². The number of fused-ring (bicyclic) bond motifs is 1. The van der Waals surface area contributed by atoms with Crippen LogP contribution in [0.3, 0.4) is 0 Å². The zero-order valence-corrected chi connectivity index (χ0v) is 21.1. The first kappa shape index (κ1) is 23.6. The van der Waals surface area contributed by atoms with E-state index in [-0.39, 0.29) is 6.04 Å². The van der Waals surface area contributed by atoms with Crippen LogP contribution in [0.2, 0.25) is 0 Å². The molecule has 1 atom stereocenters. The number of hydrogen-bond acceptors (Lipinski definition) is 8. The van der Waals surface area contributed by atoms with Gasteiger partial charge in [0.25, 0.3) is 0 Å². The van der Waals surface area contributed by atoms with E-state index in [1.807, 2.05) is 41.2 Å². The van der Waals surface area contributed by atoms with Gasteiger partial charge in [0, 0.05) is 42.0 Å². The molecule has 5 rings (SSSR count). The van der Waals surface area contributed by atoms with Crippen molar-refractivity contribution in [3.8, 4) is 16.9 Å². The van der Waals surface area contributed by atoms with Crippen LogP contribution in [0.5, 0.6) is 5.75 Å². The summed E-state index contributed by atoms with van der Waals surface area (Å²) in [4.78, 5) is 17.4. The van der Waals surface area contributed by atoms with Crippen molar-refractivity contribution in [3.63, 3.8) is 0 Å². The number of ether oxygens (including phenoxy) is 1. The number of anilines is 1. The lowest BCUT2D eigenvalue weighted by Crippen LogP contribution is -2.35. The summed E-state index contributed by atoms with van der Waals surface area (Å²) in [6, 6.07) is 7.89. The molecule has 0 spiro atoms. The lowest BCUT2D eigenvalue weighted by molar-refractivity contribution is 0.356. The number of nitrogens with zero attached hydrogens (tertiary/aromatic N) is 5. The molecule has 0 saturated carbocycles. The number of nitrogens with two attached hydrogens (primary N) is 1. The highest BCUT2D eigenvalue weighted by molar-refractivity contribution is 7.99. The predicted molar refractivity (Wildman–Crippen MR) is 136 cm³/mol. The SMILES string of the molecule is COc1ccc(-c2cc[nH]c2)c(Sc2nc3c(N)ncnc3n2CCC2CCCN2S(C)(=O)=O)c1. The molecule has 0 amide bonds. The van der Waals surface area contributed by atoms with E-state index in [4.69, 9.17) is 15.5 Å². The molecule has 1 aromatic carbocycles. The van der Waals surface area contributed by atoms with E-state index in [2.05, 4.69) is 15.0 Å². The molecule has 4 heterocycles. The largest absolute Gasteiger partial charge is 0.497 e. The van der Waals surface area contributed by atoms with Gasteiger partial charge in [-0.15, -0.1) is 0 Å². The van der Waals surface area contributed by atoms with Crippen molar-refractivity contribution in [2.75, 3.05) is 25.6 Å². The van der Waals surface area contributed by atoms with Crippen molar-refractivity contribution in [1.82, 2.24) is 28.8 Å². The number of rotatable bonds is 8. The summed E-state index contributed by atoms with van der Waals surface area (Å²) >= 11 is 1.49. The molecule has 10 nitrogen and oxygen atoms in total. The molecule has 12 heteroatoms. The fraction of sp³-hybridized carbons (Fsp3) is 0.348. The molecule has 184 valence electrons. The number of nitrogens with one attached hydrogen (secondary N) is 1. The highest BCUT2D eigenvalue weighted by atomic mass is 32.2. The molecule has 1 aliphatic heterocycles.